The van der Waals surface area contributed by atoms with Gasteiger partial charge in [0.1, 0.15) is 17.7 Å². The van der Waals surface area contributed by atoms with Crippen molar-refractivity contribution in [2.45, 2.75) is 70.1 Å². The lowest BCUT2D eigenvalue weighted by Gasteiger charge is -2.60. The Labute approximate surface area is 248 Å². The smallest absolute Gasteiger partial charge is 0.333 e. The molecule has 0 unspecified atom stereocenters. The van der Waals surface area contributed by atoms with Gasteiger partial charge in [0.2, 0.25) is 12.1 Å². The molecule has 2 bridgehead atoms. The molecule has 4 aliphatic heterocycles. The van der Waals surface area contributed by atoms with E-state index in [1.165, 1.54) is 42.5 Å². The lowest BCUT2D eigenvalue weighted by Crippen LogP contribution is -2.72. The first kappa shape index (κ1) is 29.6. The molecule has 0 N–H and O–H groups in total. The summed E-state index contributed by atoms with van der Waals surface area (Å²) in [5.74, 6) is -3.88. The molecule has 1 saturated carbocycles. The first-order valence-corrected chi connectivity index (χ1v) is 14.5. The minimum Gasteiger partial charge on any atom is -0.459 e. The molecule has 10 heteroatoms. The molecule has 0 aromatic heterocycles. The van der Waals surface area contributed by atoms with Crippen LogP contribution in [0.15, 0.2) is 60.7 Å². The fourth-order valence-electron chi connectivity index (χ4n) is 6.92. The van der Waals surface area contributed by atoms with Gasteiger partial charge >= 0.3 is 11.9 Å². The zero-order valence-corrected chi connectivity index (χ0v) is 24.1. The van der Waals surface area contributed by atoms with E-state index in [4.69, 9.17) is 28.7 Å². The van der Waals surface area contributed by atoms with Crippen molar-refractivity contribution in [3.05, 3.63) is 83.4 Å². The van der Waals surface area contributed by atoms with Crippen molar-refractivity contribution in [1.82, 2.24) is 0 Å². The summed E-state index contributed by atoms with van der Waals surface area (Å²) in [4.78, 5) is 37.8. The number of carbonyl (C=O) groups excluding carboxylic acids is 2. The normalized spacial score (nSPS) is 36.7. The van der Waals surface area contributed by atoms with E-state index in [1.54, 1.807) is 37.3 Å². The van der Waals surface area contributed by atoms with E-state index in [0.717, 1.165) is 0 Å². The zero-order valence-electron chi connectivity index (χ0n) is 24.1. The van der Waals surface area contributed by atoms with Gasteiger partial charge in [-0.1, -0.05) is 38.1 Å². The molecule has 228 valence electrons. The van der Waals surface area contributed by atoms with Gasteiger partial charge in [-0.2, -0.15) is 0 Å². The Morgan fingerprint density at radius 1 is 0.837 bits per heavy atom. The summed E-state index contributed by atoms with van der Waals surface area (Å²) in [5.41, 5.74) is 0.318. The van der Waals surface area contributed by atoms with Crippen LogP contribution in [-0.2, 0) is 38.3 Å². The average molecular weight is 597 g/mol. The predicted octanol–water partition coefficient (Wildman–Crippen LogP) is 5.96. The van der Waals surface area contributed by atoms with E-state index in [9.17, 15) is 18.4 Å². The van der Waals surface area contributed by atoms with E-state index in [1.807, 2.05) is 13.8 Å². The molecule has 1 aliphatic carbocycles. The molecule has 5 fully saturated rings. The summed E-state index contributed by atoms with van der Waals surface area (Å²) >= 11 is 0. The summed E-state index contributed by atoms with van der Waals surface area (Å²) in [6, 6.07) is 11.5. The number of esters is 2. The van der Waals surface area contributed by atoms with E-state index < -0.39 is 42.0 Å². The van der Waals surface area contributed by atoms with Crippen LogP contribution in [0.1, 0.15) is 51.2 Å². The highest BCUT2D eigenvalue weighted by molar-refractivity contribution is 5.87. The molecule has 9 atom stereocenters. The molecule has 7 rings (SSSR count). The van der Waals surface area contributed by atoms with Crippen molar-refractivity contribution in [3.8, 4) is 0 Å². The third kappa shape index (κ3) is 5.76. The van der Waals surface area contributed by atoms with Crippen LogP contribution in [-0.4, -0.2) is 42.0 Å². The van der Waals surface area contributed by atoms with Crippen molar-refractivity contribution in [2.24, 2.45) is 23.7 Å². The van der Waals surface area contributed by atoms with Gasteiger partial charge < -0.3 is 18.9 Å². The second-order valence-electron chi connectivity index (χ2n) is 12.0. The van der Waals surface area contributed by atoms with Gasteiger partial charge in [0.05, 0.1) is 0 Å². The number of hydrogen-bond acceptors (Lipinski definition) is 8. The summed E-state index contributed by atoms with van der Waals surface area (Å²) < 4.78 is 50.9. The lowest BCUT2D eigenvalue weighted by molar-refractivity contribution is -0.577. The van der Waals surface area contributed by atoms with Crippen molar-refractivity contribution < 1.29 is 47.1 Å². The molecule has 5 aliphatic rings. The largest absolute Gasteiger partial charge is 0.459 e. The Hall–Kier alpha value is -3.44. The van der Waals surface area contributed by atoms with Crippen molar-refractivity contribution in [1.29, 1.82) is 0 Å². The summed E-state index contributed by atoms with van der Waals surface area (Å²) in [6.07, 6.45) is 5.01. The lowest BCUT2D eigenvalue weighted by atomic mass is 9.57. The minimum atomic E-state index is -1.06. The number of hydrogen-bond donors (Lipinski definition) is 0. The van der Waals surface area contributed by atoms with Gasteiger partial charge in [0.15, 0.2) is 11.9 Å². The van der Waals surface area contributed by atoms with Crippen LogP contribution < -0.4 is 0 Å². The standard InChI is InChI=1S/C33H34F2O8/c1-19-25-16-17-32(3)41-31-33(25,43-42-32)26(18-27(19)38-28(36)14-8-21-4-10-23(34)11-5-21)20(2)30(40-31)39-29(37)15-9-22-6-12-24(35)13-7-22/h4-15,19-20,25-27,30-31H,16-18H2,1-3H3/b14-8+,15-9+/t19-,20+,25-,26-,27+,30+,31+,32+,33+/m0/s1. The van der Waals surface area contributed by atoms with Gasteiger partial charge in [0, 0.05) is 36.3 Å². The Morgan fingerprint density at radius 2 is 1.42 bits per heavy atom. The van der Waals surface area contributed by atoms with E-state index in [-0.39, 0.29) is 35.3 Å². The van der Waals surface area contributed by atoms with Crippen LogP contribution in [0.3, 0.4) is 0 Å². The number of fused-ring (bicyclic) bond motifs is 2. The van der Waals surface area contributed by atoms with Gasteiger partial charge in [0.25, 0.3) is 0 Å². The number of rotatable bonds is 6. The van der Waals surface area contributed by atoms with Crippen molar-refractivity contribution in [2.75, 3.05) is 0 Å². The third-order valence-corrected chi connectivity index (χ3v) is 9.25. The summed E-state index contributed by atoms with van der Waals surface area (Å²) in [6.45, 7) is 5.71. The second kappa shape index (κ2) is 11.6. The molecule has 1 spiro atoms. The van der Waals surface area contributed by atoms with Crippen molar-refractivity contribution >= 4 is 24.1 Å². The Morgan fingerprint density at radius 3 is 2.02 bits per heavy atom. The van der Waals surface area contributed by atoms with Crippen LogP contribution in [0.5, 0.6) is 0 Å². The van der Waals surface area contributed by atoms with Crippen LogP contribution in [0, 0.1) is 35.3 Å². The Balaban J connectivity index is 1.22. The number of ether oxygens (including phenoxy) is 4. The average Bonchev–Trinajstić information content (AvgIpc) is 3.21. The summed E-state index contributed by atoms with van der Waals surface area (Å²) in [5, 5.41) is 0. The van der Waals surface area contributed by atoms with Gasteiger partial charge in [-0.15, -0.1) is 0 Å². The highest BCUT2D eigenvalue weighted by Gasteiger charge is 2.71. The number of benzene rings is 2. The summed E-state index contributed by atoms with van der Waals surface area (Å²) in [7, 11) is 0. The highest BCUT2D eigenvalue weighted by Crippen LogP contribution is 2.61. The quantitative estimate of drug-likeness (QED) is 0.229. The van der Waals surface area contributed by atoms with Crippen LogP contribution in [0.25, 0.3) is 12.2 Å². The van der Waals surface area contributed by atoms with E-state index >= 15 is 0 Å². The molecule has 2 aromatic carbocycles. The molecular formula is C33H34F2O8. The van der Waals surface area contributed by atoms with Gasteiger partial charge in [-0.25, -0.2) is 28.1 Å². The van der Waals surface area contributed by atoms with Crippen LogP contribution in [0.4, 0.5) is 8.78 Å². The molecule has 8 nitrogen and oxygen atoms in total. The molecular weight excluding hydrogens is 562 g/mol. The molecule has 0 radical (unpaired) electrons. The maximum atomic E-state index is 13.2. The topological polar surface area (TPSA) is 89.5 Å². The number of halogens is 2. The fraction of sp³-hybridized carbons (Fsp3) is 0.455. The molecule has 0 amide bonds. The monoisotopic (exact) mass is 596 g/mol. The Kier molecular flexibility index (Phi) is 7.97. The fourth-order valence-corrected chi connectivity index (χ4v) is 6.92. The highest BCUT2D eigenvalue weighted by atomic mass is 19.1. The van der Waals surface area contributed by atoms with Gasteiger partial charge in [-0.05, 0) is 73.2 Å². The van der Waals surface area contributed by atoms with Crippen molar-refractivity contribution in [3.63, 3.8) is 0 Å². The molecule has 4 saturated heterocycles. The molecule has 4 heterocycles. The zero-order chi connectivity index (χ0) is 30.4. The maximum absolute atomic E-state index is 13.2. The van der Waals surface area contributed by atoms with Crippen LogP contribution in [0.2, 0.25) is 0 Å². The Bertz CT molecular complexity index is 1410. The minimum absolute atomic E-state index is 0.122. The molecule has 2 aromatic rings. The third-order valence-electron chi connectivity index (χ3n) is 9.25. The molecule has 43 heavy (non-hydrogen) atoms. The van der Waals surface area contributed by atoms with E-state index in [0.29, 0.717) is 30.4 Å². The SMILES string of the molecule is C[C@@H]1[C@H](OC(=O)/C=C/c2ccc(F)cc2)C[C@H]2[C@@H](C)[C@H](OC(=O)/C=C/c3ccc(F)cc3)O[C@@H]3O[C@@]4(C)CC[C@@H]1[C@]32OO4. The number of carbonyl (C=O) groups is 2. The first-order chi connectivity index (χ1) is 20.6. The first-order valence-electron chi connectivity index (χ1n) is 14.5. The van der Waals surface area contributed by atoms with Crippen LogP contribution >= 0.6 is 0 Å². The predicted molar refractivity (Wildman–Crippen MR) is 149 cm³/mol. The van der Waals surface area contributed by atoms with Gasteiger partial charge in [-0.3, -0.25) is 0 Å². The maximum Gasteiger partial charge on any atom is 0.333 e. The second-order valence-corrected chi connectivity index (χ2v) is 12.0. The van der Waals surface area contributed by atoms with E-state index in [2.05, 4.69) is 0 Å².